The molecule has 0 aromatic rings. The molecule has 3 radical (unpaired) electrons. The molecule has 0 fully saturated rings. The molecule has 0 aliphatic heterocycles. The van der Waals surface area contributed by atoms with Crippen LogP contribution in [0.3, 0.4) is 0 Å². The van der Waals surface area contributed by atoms with Crippen molar-refractivity contribution in [2.24, 2.45) is 0 Å². The largest absolute Gasteiger partial charge is 0.466 e. The van der Waals surface area contributed by atoms with Crippen LogP contribution in [0.25, 0.3) is 0 Å². The summed E-state index contributed by atoms with van der Waals surface area (Å²) in [7, 11) is -9.28. The quantitative estimate of drug-likeness (QED) is 0.209. The van der Waals surface area contributed by atoms with Crippen molar-refractivity contribution in [3.8, 4) is 0 Å². The maximum absolute atomic E-state index is 8.88. The van der Waals surface area contributed by atoms with Gasteiger partial charge in [0.15, 0.2) is 0 Å². The first-order valence-electron chi connectivity index (χ1n) is 1.57. The van der Waals surface area contributed by atoms with Crippen LogP contribution >= 0.6 is 15.6 Å². The zero-order valence-electron chi connectivity index (χ0n) is 5.30. The van der Waals surface area contributed by atoms with Crippen molar-refractivity contribution in [2.45, 2.75) is 0 Å². The van der Waals surface area contributed by atoms with Gasteiger partial charge in [-0.15, -0.1) is 0 Å². The molecular weight excluding hydrogens is 381 g/mol. The molecule has 8 nitrogen and oxygen atoms in total. The first-order chi connectivity index (χ1) is 4.00. The average molecular weight is 387 g/mol. The Morgan fingerprint density at radius 3 is 0.538 bits per heavy atom. The van der Waals surface area contributed by atoms with Crippen LogP contribution < -0.4 is 0 Å². The van der Waals surface area contributed by atoms with E-state index in [0.29, 0.717) is 0 Å². The van der Waals surface area contributed by atoms with Crippen LogP contribution in [0.4, 0.5) is 0 Å². The van der Waals surface area contributed by atoms with Crippen molar-refractivity contribution >= 4 is 15.6 Å². The Labute approximate surface area is 105 Å². The van der Waals surface area contributed by atoms with E-state index in [1.807, 2.05) is 0 Å². The Bertz CT molecular complexity index is 130. The van der Waals surface area contributed by atoms with Crippen molar-refractivity contribution in [3.63, 3.8) is 0 Å². The third-order valence-corrected chi connectivity index (χ3v) is 0. The van der Waals surface area contributed by atoms with E-state index in [9.17, 15) is 0 Å². The molecule has 13 heteroatoms. The first-order valence-corrected chi connectivity index (χ1v) is 4.70. The van der Waals surface area contributed by atoms with Gasteiger partial charge in [0.1, 0.15) is 0 Å². The van der Waals surface area contributed by atoms with E-state index >= 15 is 0 Å². The maximum Gasteiger partial charge on any atom is 0.466 e. The summed E-state index contributed by atoms with van der Waals surface area (Å²) in [5, 5.41) is 0. The summed E-state index contributed by atoms with van der Waals surface area (Å²) >= 11 is 0. The van der Waals surface area contributed by atoms with Crippen LogP contribution in [0.5, 0.6) is 0 Å². The average Bonchev–Trinajstić information content (AvgIpc) is 1.12. The summed E-state index contributed by atoms with van der Waals surface area (Å²) in [6.07, 6.45) is 0. The van der Waals surface area contributed by atoms with E-state index in [2.05, 4.69) is 0 Å². The molecule has 0 rings (SSSR count). The van der Waals surface area contributed by atoms with E-state index in [4.69, 9.17) is 38.5 Å². The van der Waals surface area contributed by atoms with Gasteiger partial charge in [0.2, 0.25) is 0 Å². The second-order valence-corrected chi connectivity index (χ2v) is 3.08. The molecule has 13 heavy (non-hydrogen) atoms. The van der Waals surface area contributed by atoms with Gasteiger partial charge in [-0.1, -0.05) is 0 Å². The normalized spacial score (nSPS) is 9.08. The summed E-state index contributed by atoms with van der Waals surface area (Å²) in [4.78, 5) is 43.1. The van der Waals surface area contributed by atoms with Crippen LogP contribution in [-0.4, -0.2) is 29.4 Å². The third kappa shape index (κ3) is 604. The van der Waals surface area contributed by atoms with Crippen molar-refractivity contribution in [3.05, 3.63) is 0 Å². The van der Waals surface area contributed by atoms with Gasteiger partial charge in [-0.05, 0) is 0 Å². The predicted molar refractivity (Wildman–Crippen MR) is 28.5 cm³/mol. The fraction of sp³-hybridized carbons (Fsp3) is 0. The van der Waals surface area contributed by atoms with Gasteiger partial charge in [-0.3, -0.25) is 0 Å². The fourth-order valence-electron chi connectivity index (χ4n) is 0. The maximum atomic E-state index is 8.88. The molecule has 0 aromatic heterocycles. The monoisotopic (exact) mass is 385 g/mol. The molecule has 0 aliphatic carbocycles. The minimum atomic E-state index is -4.64. The van der Waals surface area contributed by atoms with Crippen molar-refractivity contribution < 1.29 is 89.7 Å². The Hall–Kier alpha value is 1.78. The first kappa shape index (κ1) is 29.3. The molecule has 0 saturated carbocycles. The molecule has 0 amide bonds. The summed E-state index contributed by atoms with van der Waals surface area (Å²) in [6.45, 7) is 0. The van der Waals surface area contributed by atoms with E-state index < -0.39 is 15.6 Å². The fourth-order valence-corrected chi connectivity index (χ4v) is 0. The second-order valence-electron chi connectivity index (χ2n) is 1.03. The van der Waals surface area contributed by atoms with Crippen LogP contribution in [0.15, 0.2) is 0 Å². The Kier molecular flexibility index (Phi) is 26.7. The molecule has 0 bridgehead atoms. The molecule has 0 atom stereocenters. The smallest absolute Gasteiger partial charge is 0.303 e. The Morgan fingerprint density at radius 2 is 0.538 bits per heavy atom. The standard InChI is InChI=1S/3Cu.2H3O4P/c;;;2*1-5(2,3)4/h;;;2*(H3,1,2,3,4). The van der Waals surface area contributed by atoms with Crippen molar-refractivity contribution in [1.82, 2.24) is 0 Å². The predicted octanol–water partition coefficient (Wildman–Crippen LogP) is -1.86. The van der Waals surface area contributed by atoms with Crippen LogP contribution in [0.2, 0.25) is 0 Å². The van der Waals surface area contributed by atoms with Crippen LogP contribution in [0, 0.1) is 0 Å². The third-order valence-electron chi connectivity index (χ3n) is 0. The van der Waals surface area contributed by atoms with E-state index in [1.54, 1.807) is 0 Å². The van der Waals surface area contributed by atoms with Crippen LogP contribution in [0.1, 0.15) is 0 Å². The van der Waals surface area contributed by atoms with Gasteiger partial charge in [0.25, 0.3) is 0 Å². The Morgan fingerprint density at radius 1 is 0.538 bits per heavy atom. The van der Waals surface area contributed by atoms with Gasteiger partial charge in [-0.25, -0.2) is 9.13 Å². The molecule has 6 N–H and O–H groups in total. The van der Waals surface area contributed by atoms with Gasteiger partial charge in [-0.2, -0.15) is 0 Å². The summed E-state index contributed by atoms with van der Waals surface area (Å²) in [6, 6.07) is 0. The summed E-state index contributed by atoms with van der Waals surface area (Å²) in [5.74, 6) is 0. The van der Waals surface area contributed by atoms with E-state index in [-0.39, 0.29) is 51.2 Å². The molecule has 0 aromatic carbocycles. The zero-order chi connectivity index (χ0) is 9.00. The zero-order valence-corrected chi connectivity index (χ0v) is 9.91. The second kappa shape index (κ2) is 11.9. The van der Waals surface area contributed by atoms with Gasteiger partial charge in [0, 0.05) is 51.2 Å². The van der Waals surface area contributed by atoms with Gasteiger partial charge in [0.05, 0.1) is 0 Å². The molecule has 97 valence electrons. The number of hydrogen-bond donors (Lipinski definition) is 6. The van der Waals surface area contributed by atoms with Crippen molar-refractivity contribution in [1.29, 1.82) is 0 Å². The van der Waals surface area contributed by atoms with Gasteiger partial charge < -0.3 is 29.4 Å². The molecular formula is H6Cu3O8P2. The number of rotatable bonds is 0. The van der Waals surface area contributed by atoms with Crippen LogP contribution in [-0.2, 0) is 60.3 Å². The minimum absolute atomic E-state index is 0. The van der Waals surface area contributed by atoms with E-state index in [1.165, 1.54) is 0 Å². The summed E-state index contributed by atoms with van der Waals surface area (Å²) in [5.41, 5.74) is 0. The van der Waals surface area contributed by atoms with Gasteiger partial charge >= 0.3 is 15.6 Å². The molecule has 0 aliphatic rings. The molecule has 0 heterocycles. The van der Waals surface area contributed by atoms with E-state index in [0.717, 1.165) is 0 Å². The molecule has 0 unspecified atom stereocenters. The summed E-state index contributed by atoms with van der Waals surface area (Å²) < 4.78 is 17.8. The molecule has 0 spiro atoms. The Balaban J connectivity index is -0.0000000267. The number of hydrogen-bond acceptors (Lipinski definition) is 2. The van der Waals surface area contributed by atoms with Crippen molar-refractivity contribution in [2.75, 3.05) is 0 Å². The SMILES string of the molecule is O=P(O)(O)O.O=P(O)(O)O.[Cu].[Cu].[Cu]. The minimum Gasteiger partial charge on any atom is -0.303 e. The number of phosphoric acid groups is 2. The topological polar surface area (TPSA) is 156 Å². The molecule has 0 saturated heterocycles.